The molecule has 4 unspecified atom stereocenters. The van der Waals surface area contributed by atoms with E-state index >= 15 is 0 Å². The van der Waals surface area contributed by atoms with Gasteiger partial charge in [0, 0.05) is 27.4 Å². The van der Waals surface area contributed by atoms with Gasteiger partial charge < -0.3 is 28.4 Å². The summed E-state index contributed by atoms with van der Waals surface area (Å²) in [7, 11) is 3.08. The van der Waals surface area contributed by atoms with Crippen molar-refractivity contribution in [2.45, 2.75) is 50.8 Å². The Kier molecular flexibility index (Phi) is 5.96. The molecule has 2 saturated heterocycles. The molecule has 0 aromatic heterocycles. The lowest BCUT2D eigenvalue weighted by molar-refractivity contribution is -0.498. The van der Waals surface area contributed by atoms with Crippen LogP contribution in [0.25, 0.3) is 0 Å². The van der Waals surface area contributed by atoms with Crippen molar-refractivity contribution in [3.05, 3.63) is 0 Å². The number of rotatable bonds is 12. The summed E-state index contributed by atoms with van der Waals surface area (Å²) in [5.41, 5.74) is 0. The molecule has 7 nitrogen and oxygen atoms in total. The van der Waals surface area contributed by atoms with Crippen LogP contribution >= 0.6 is 0 Å². The minimum absolute atomic E-state index is 0.0739. The summed E-state index contributed by atoms with van der Waals surface area (Å²) in [6, 6.07) is 0. The van der Waals surface area contributed by atoms with Gasteiger partial charge >= 0.3 is 0 Å². The Balaban J connectivity index is 2.10. The first-order chi connectivity index (χ1) is 10.1. The molecule has 2 fully saturated rings. The Hall–Kier alpha value is -0.280. The third-order valence-electron chi connectivity index (χ3n) is 3.42. The SMILES string of the molecule is CCOC(CC1CO1)(OC)OC(CC1CO1)(OC)OCC. The molecule has 0 aliphatic carbocycles. The Morgan fingerprint density at radius 2 is 1.24 bits per heavy atom. The molecule has 2 aliphatic rings. The number of methoxy groups -OCH3 is 2. The van der Waals surface area contributed by atoms with Crippen molar-refractivity contribution in [2.24, 2.45) is 0 Å². The average molecular weight is 306 g/mol. The Labute approximate surface area is 125 Å². The minimum atomic E-state index is -1.25. The van der Waals surface area contributed by atoms with Gasteiger partial charge in [0.05, 0.1) is 38.3 Å². The van der Waals surface area contributed by atoms with Crippen molar-refractivity contribution in [1.82, 2.24) is 0 Å². The zero-order chi connectivity index (χ0) is 15.3. The topological polar surface area (TPSA) is 71.2 Å². The zero-order valence-electron chi connectivity index (χ0n) is 13.3. The lowest BCUT2D eigenvalue weighted by Gasteiger charge is -2.40. The standard InChI is InChI=1S/C14H26O7/c1-5-19-13(15-3,7-11-9-17-11)21-14(16-4,20-6-2)8-12-10-18-12/h11-12H,5-10H2,1-4H3. The minimum Gasteiger partial charge on any atom is -0.373 e. The van der Waals surface area contributed by atoms with Crippen molar-refractivity contribution in [2.75, 3.05) is 40.6 Å². The molecule has 124 valence electrons. The van der Waals surface area contributed by atoms with Crippen LogP contribution in [0.3, 0.4) is 0 Å². The van der Waals surface area contributed by atoms with Crippen molar-refractivity contribution in [1.29, 1.82) is 0 Å². The first-order valence-electron chi connectivity index (χ1n) is 7.42. The molecule has 0 aromatic rings. The monoisotopic (exact) mass is 306 g/mol. The molecule has 0 N–H and O–H groups in total. The van der Waals surface area contributed by atoms with Gasteiger partial charge in [-0.05, 0) is 13.8 Å². The number of epoxide rings is 2. The van der Waals surface area contributed by atoms with Crippen molar-refractivity contribution in [3.63, 3.8) is 0 Å². The number of hydrogen-bond donors (Lipinski definition) is 0. The van der Waals surface area contributed by atoms with E-state index in [1.165, 1.54) is 14.2 Å². The fourth-order valence-electron chi connectivity index (χ4n) is 2.23. The van der Waals surface area contributed by atoms with E-state index in [1.54, 1.807) is 0 Å². The molecule has 21 heavy (non-hydrogen) atoms. The van der Waals surface area contributed by atoms with Crippen LogP contribution in [0.2, 0.25) is 0 Å². The first-order valence-corrected chi connectivity index (χ1v) is 7.42. The van der Waals surface area contributed by atoms with Crippen LogP contribution in [0.15, 0.2) is 0 Å². The van der Waals surface area contributed by atoms with Gasteiger partial charge in [0.1, 0.15) is 0 Å². The fraction of sp³-hybridized carbons (Fsp3) is 1.00. The summed E-state index contributed by atoms with van der Waals surface area (Å²) in [6.07, 6.45) is 1.07. The highest BCUT2D eigenvalue weighted by Crippen LogP contribution is 2.36. The van der Waals surface area contributed by atoms with Crippen molar-refractivity contribution < 1.29 is 33.2 Å². The van der Waals surface area contributed by atoms with Crippen LogP contribution in [-0.2, 0) is 33.2 Å². The van der Waals surface area contributed by atoms with E-state index in [2.05, 4.69) is 0 Å². The van der Waals surface area contributed by atoms with Crippen molar-refractivity contribution in [3.8, 4) is 0 Å². The molecule has 0 radical (unpaired) electrons. The fourth-order valence-corrected chi connectivity index (χ4v) is 2.23. The van der Waals surface area contributed by atoms with Gasteiger partial charge in [0.2, 0.25) is 0 Å². The maximum absolute atomic E-state index is 6.06. The summed E-state index contributed by atoms with van der Waals surface area (Å²) >= 11 is 0. The third-order valence-corrected chi connectivity index (χ3v) is 3.42. The van der Waals surface area contributed by atoms with Gasteiger partial charge in [-0.2, -0.15) is 0 Å². The molecular weight excluding hydrogens is 280 g/mol. The van der Waals surface area contributed by atoms with Crippen LogP contribution in [0, 0.1) is 0 Å². The van der Waals surface area contributed by atoms with Gasteiger partial charge in [-0.25, -0.2) is 0 Å². The molecule has 0 amide bonds. The largest absolute Gasteiger partial charge is 0.373 e. The van der Waals surface area contributed by atoms with E-state index in [-0.39, 0.29) is 12.2 Å². The predicted molar refractivity (Wildman–Crippen MR) is 72.5 cm³/mol. The highest BCUT2D eigenvalue weighted by Gasteiger charge is 2.50. The summed E-state index contributed by atoms with van der Waals surface area (Å²) < 4.78 is 39.0. The second-order valence-corrected chi connectivity index (χ2v) is 5.06. The highest BCUT2D eigenvalue weighted by molar-refractivity contribution is 4.80. The normalized spacial score (nSPS) is 29.7. The second kappa shape index (κ2) is 7.32. The third kappa shape index (κ3) is 4.85. The second-order valence-electron chi connectivity index (χ2n) is 5.06. The first kappa shape index (κ1) is 17.1. The number of hydrogen-bond acceptors (Lipinski definition) is 7. The van der Waals surface area contributed by atoms with Gasteiger partial charge in [-0.15, -0.1) is 0 Å². The molecule has 7 heteroatoms. The maximum Gasteiger partial charge on any atom is 0.289 e. The van der Waals surface area contributed by atoms with Gasteiger partial charge in [-0.1, -0.05) is 0 Å². The van der Waals surface area contributed by atoms with Crippen LogP contribution in [0.5, 0.6) is 0 Å². The lowest BCUT2D eigenvalue weighted by Crippen LogP contribution is -2.52. The van der Waals surface area contributed by atoms with Crippen molar-refractivity contribution >= 4 is 0 Å². The summed E-state index contributed by atoms with van der Waals surface area (Å²) in [4.78, 5) is 0. The van der Waals surface area contributed by atoms with E-state index in [9.17, 15) is 0 Å². The average Bonchev–Trinajstić information content (AvgIpc) is 3.36. The van der Waals surface area contributed by atoms with Crippen LogP contribution < -0.4 is 0 Å². The molecule has 0 saturated carbocycles. The van der Waals surface area contributed by atoms with E-state index < -0.39 is 11.9 Å². The lowest BCUT2D eigenvalue weighted by atomic mass is 10.2. The molecular formula is C14H26O7. The quantitative estimate of drug-likeness (QED) is 0.397. The van der Waals surface area contributed by atoms with E-state index in [0.29, 0.717) is 39.3 Å². The summed E-state index contributed by atoms with van der Waals surface area (Å²) in [5, 5.41) is 0. The predicted octanol–water partition coefficient (Wildman–Crippen LogP) is 1.25. The van der Waals surface area contributed by atoms with E-state index in [4.69, 9.17) is 33.2 Å². The van der Waals surface area contributed by atoms with E-state index in [0.717, 1.165) is 0 Å². The van der Waals surface area contributed by atoms with Crippen LogP contribution in [0.4, 0.5) is 0 Å². The Bertz CT molecular complexity index is 288. The Morgan fingerprint density at radius 1 is 0.857 bits per heavy atom. The summed E-state index contributed by atoms with van der Waals surface area (Å²) in [6.45, 7) is 6.00. The number of ether oxygens (including phenoxy) is 7. The smallest absolute Gasteiger partial charge is 0.289 e. The molecule has 2 rings (SSSR count). The molecule has 2 aliphatic heterocycles. The van der Waals surface area contributed by atoms with Gasteiger partial charge in [0.25, 0.3) is 11.9 Å². The Morgan fingerprint density at radius 3 is 1.48 bits per heavy atom. The maximum atomic E-state index is 6.06. The van der Waals surface area contributed by atoms with Gasteiger partial charge in [0.15, 0.2) is 0 Å². The molecule has 0 bridgehead atoms. The van der Waals surface area contributed by atoms with E-state index in [1.807, 2.05) is 13.8 Å². The van der Waals surface area contributed by atoms with Crippen LogP contribution in [-0.4, -0.2) is 64.8 Å². The van der Waals surface area contributed by atoms with Crippen LogP contribution in [0.1, 0.15) is 26.7 Å². The molecule has 0 spiro atoms. The van der Waals surface area contributed by atoms with Gasteiger partial charge in [-0.3, -0.25) is 4.74 Å². The zero-order valence-corrected chi connectivity index (χ0v) is 13.3. The summed E-state index contributed by atoms with van der Waals surface area (Å²) in [5.74, 6) is -2.51. The molecule has 2 heterocycles. The molecule has 0 aromatic carbocycles. The molecule has 4 atom stereocenters. The highest BCUT2D eigenvalue weighted by atomic mass is 17.0.